The lowest BCUT2D eigenvalue weighted by molar-refractivity contribution is -0.138. The van der Waals surface area contributed by atoms with Crippen LogP contribution in [0.2, 0.25) is 0 Å². The van der Waals surface area contributed by atoms with Gasteiger partial charge in [-0.2, -0.15) is 13.2 Å². The predicted octanol–water partition coefficient (Wildman–Crippen LogP) is 3.54. The molecule has 0 saturated heterocycles. The molecule has 0 unspecified atom stereocenters. The number of hydrogen-bond donors (Lipinski definition) is 2. The van der Waals surface area contributed by atoms with E-state index in [-0.39, 0.29) is 47.8 Å². The van der Waals surface area contributed by atoms with E-state index in [1.54, 1.807) is 0 Å². The lowest BCUT2D eigenvalue weighted by Gasteiger charge is -2.13. The van der Waals surface area contributed by atoms with Crippen molar-refractivity contribution in [3.05, 3.63) is 29.3 Å². The summed E-state index contributed by atoms with van der Waals surface area (Å²) in [5.74, 6) is 0.302. The number of halogens is 4. The van der Waals surface area contributed by atoms with Crippen LogP contribution in [0.25, 0.3) is 0 Å². The van der Waals surface area contributed by atoms with Crippen LogP contribution in [-0.4, -0.2) is 19.6 Å². The minimum Gasteiger partial charge on any atom is -0.497 e. The molecule has 3 N–H and O–H groups in total. The second-order valence-corrected chi connectivity index (χ2v) is 4.50. The van der Waals surface area contributed by atoms with E-state index in [4.69, 9.17) is 10.5 Å². The largest absolute Gasteiger partial charge is 0.497 e. The number of nitrogens with one attached hydrogen (secondary N) is 1. The van der Waals surface area contributed by atoms with Crippen LogP contribution in [0, 0.1) is 0 Å². The zero-order valence-electron chi connectivity index (χ0n) is 12.5. The molecule has 0 heterocycles. The molecule has 0 aliphatic heterocycles. The minimum absolute atomic E-state index is 0. The van der Waals surface area contributed by atoms with Gasteiger partial charge in [0.1, 0.15) is 5.75 Å². The van der Waals surface area contributed by atoms with Gasteiger partial charge in [0.15, 0.2) is 5.96 Å². The summed E-state index contributed by atoms with van der Waals surface area (Å²) in [6, 6.07) is 3.79. The summed E-state index contributed by atoms with van der Waals surface area (Å²) in [6.45, 7) is 2.55. The summed E-state index contributed by atoms with van der Waals surface area (Å²) in [7, 11) is 1.32. The fourth-order valence-corrected chi connectivity index (χ4v) is 1.70. The van der Waals surface area contributed by atoms with Crippen molar-refractivity contribution in [3.63, 3.8) is 0 Å². The monoisotopic (exact) mass is 431 g/mol. The van der Waals surface area contributed by atoms with Gasteiger partial charge in [-0.3, -0.25) is 0 Å². The van der Waals surface area contributed by atoms with E-state index in [0.29, 0.717) is 6.54 Å². The highest BCUT2D eigenvalue weighted by Gasteiger charge is 2.33. The number of nitrogens with two attached hydrogens (primary N) is 1. The lowest BCUT2D eigenvalue weighted by Crippen LogP contribution is -2.32. The normalized spacial score (nSPS) is 11.8. The maximum Gasteiger partial charge on any atom is 0.416 e. The summed E-state index contributed by atoms with van der Waals surface area (Å²) in [6.07, 6.45) is -2.53. The van der Waals surface area contributed by atoms with Crippen molar-refractivity contribution >= 4 is 29.9 Å². The van der Waals surface area contributed by atoms with E-state index in [1.807, 2.05) is 6.92 Å². The molecule has 0 atom stereocenters. The quantitative estimate of drug-likeness (QED) is 0.314. The molecule has 1 aromatic rings. The van der Waals surface area contributed by atoms with Gasteiger partial charge in [0.05, 0.1) is 19.2 Å². The van der Waals surface area contributed by atoms with Crippen LogP contribution >= 0.6 is 24.0 Å². The van der Waals surface area contributed by atoms with Crippen molar-refractivity contribution < 1.29 is 17.9 Å². The number of benzene rings is 1. The molecule has 1 aromatic carbocycles. The maximum absolute atomic E-state index is 13.0. The molecule has 1 rings (SSSR count). The molecule has 0 aliphatic carbocycles. The molecular weight excluding hydrogens is 410 g/mol. The third kappa shape index (κ3) is 6.71. The second kappa shape index (κ2) is 9.75. The number of methoxy groups -OCH3 is 1. The van der Waals surface area contributed by atoms with Crippen LogP contribution in [0.5, 0.6) is 5.75 Å². The first kappa shape index (κ1) is 20.8. The first-order valence-electron chi connectivity index (χ1n) is 6.66. The topological polar surface area (TPSA) is 59.6 Å². The maximum atomic E-state index is 13.0. The summed E-state index contributed by atoms with van der Waals surface area (Å²) < 4.78 is 43.8. The first-order valence-corrected chi connectivity index (χ1v) is 6.66. The van der Waals surface area contributed by atoms with Gasteiger partial charge in [-0.05, 0) is 24.1 Å². The number of alkyl halides is 3. The Balaban J connectivity index is 0.00000441. The Bertz CT molecular complexity index is 493. The molecule has 4 nitrogen and oxygen atoms in total. The molecule has 0 aliphatic rings. The van der Waals surface area contributed by atoms with Gasteiger partial charge < -0.3 is 15.8 Å². The fourth-order valence-electron chi connectivity index (χ4n) is 1.70. The number of rotatable bonds is 6. The van der Waals surface area contributed by atoms with Gasteiger partial charge in [0, 0.05) is 6.54 Å². The second-order valence-electron chi connectivity index (χ2n) is 4.50. The van der Waals surface area contributed by atoms with Crippen molar-refractivity contribution in [1.29, 1.82) is 0 Å². The summed E-state index contributed by atoms with van der Waals surface area (Å²) in [5, 5.41) is 2.86. The average molecular weight is 431 g/mol. The molecule has 0 bridgehead atoms. The molecule has 0 amide bonds. The van der Waals surface area contributed by atoms with Gasteiger partial charge in [0.25, 0.3) is 0 Å². The molecule has 0 aromatic heterocycles. The number of unbranched alkanes of at least 4 members (excludes halogenated alkanes) is 1. The van der Waals surface area contributed by atoms with Gasteiger partial charge in [-0.1, -0.05) is 19.4 Å². The minimum atomic E-state index is -4.45. The Labute approximate surface area is 145 Å². The number of ether oxygens (including phenoxy) is 1. The molecule has 0 saturated carbocycles. The highest BCUT2D eigenvalue weighted by atomic mass is 127. The van der Waals surface area contributed by atoms with Gasteiger partial charge >= 0.3 is 6.18 Å². The van der Waals surface area contributed by atoms with Crippen LogP contribution in [-0.2, 0) is 12.7 Å². The zero-order chi connectivity index (χ0) is 15.9. The molecule has 22 heavy (non-hydrogen) atoms. The number of guanidine groups is 1. The van der Waals surface area contributed by atoms with Gasteiger partial charge in [-0.25, -0.2) is 4.99 Å². The van der Waals surface area contributed by atoms with Crippen molar-refractivity contribution in [1.82, 2.24) is 5.32 Å². The van der Waals surface area contributed by atoms with E-state index in [1.165, 1.54) is 19.2 Å². The SMILES string of the molecule is CCCCNC(N)=NCc1ccc(OC)cc1C(F)(F)F.I. The molecule has 126 valence electrons. The molecule has 8 heteroatoms. The van der Waals surface area contributed by atoms with Crippen LogP contribution in [0.15, 0.2) is 23.2 Å². The molecule has 0 radical (unpaired) electrons. The number of nitrogens with zero attached hydrogens (tertiary/aromatic N) is 1. The van der Waals surface area contributed by atoms with Gasteiger partial charge in [-0.15, -0.1) is 24.0 Å². The zero-order valence-corrected chi connectivity index (χ0v) is 14.9. The Hall–Kier alpha value is -1.19. The Morgan fingerprint density at radius 3 is 2.59 bits per heavy atom. The third-order valence-corrected chi connectivity index (χ3v) is 2.88. The van der Waals surface area contributed by atoms with E-state index >= 15 is 0 Å². The summed E-state index contributed by atoms with van der Waals surface area (Å²) in [5.41, 5.74) is 4.91. The van der Waals surface area contributed by atoms with E-state index in [2.05, 4.69) is 10.3 Å². The standard InChI is InChI=1S/C14H20F3N3O.HI/c1-3-4-7-19-13(18)20-9-10-5-6-11(21-2)8-12(10)14(15,16)17;/h5-6,8H,3-4,7,9H2,1-2H3,(H3,18,19,20);1H. The summed E-state index contributed by atoms with van der Waals surface area (Å²) >= 11 is 0. The van der Waals surface area contributed by atoms with Crippen molar-refractivity contribution in [2.24, 2.45) is 10.7 Å². The van der Waals surface area contributed by atoms with E-state index in [0.717, 1.165) is 18.9 Å². The molecule has 0 spiro atoms. The van der Waals surface area contributed by atoms with Crippen LogP contribution in [0.3, 0.4) is 0 Å². The number of aliphatic imine (C=N–C) groups is 1. The lowest BCUT2D eigenvalue weighted by atomic mass is 10.1. The molecular formula is C14H21F3IN3O. The highest BCUT2D eigenvalue weighted by Crippen LogP contribution is 2.34. The van der Waals surface area contributed by atoms with Crippen LogP contribution in [0.4, 0.5) is 13.2 Å². The summed E-state index contributed by atoms with van der Waals surface area (Å²) in [4.78, 5) is 3.94. The Morgan fingerprint density at radius 1 is 1.36 bits per heavy atom. The first-order chi connectivity index (χ1) is 9.88. The van der Waals surface area contributed by atoms with Crippen molar-refractivity contribution in [3.8, 4) is 5.75 Å². The fraction of sp³-hybridized carbons (Fsp3) is 0.500. The smallest absolute Gasteiger partial charge is 0.416 e. The van der Waals surface area contributed by atoms with Gasteiger partial charge in [0.2, 0.25) is 0 Å². The predicted molar refractivity (Wildman–Crippen MR) is 91.6 cm³/mol. The van der Waals surface area contributed by atoms with Crippen molar-refractivity contribution in [2.45, 2.75) is 32.5 Å². The highest BCUT2D eigenvalue weighted by molar-refractivity contribution is 14.0. The van der Waals surface area contributed by atoms with E-state index < -0.39 is 11.7 Å². The van der Waals surface area contributed by atoms with Crippen LogP contribution in [0.1, 0.15) is 30.9 Å². The third-order valence-electron chi connectivity index (χ3n) is 2.88. The molecule has 0 fully saturated rings. The average Bonchev–Trinajstić information content (AvgIpc) is 2.44. The van der Waals surface area contributed by atoms with E-state index in [9.17, 15) is 13.2 Å². The van der Waals surface area contributed by atoms with Crippen molar-refractivity contribution in [2.75, 3.05) is 13.7 Å². The number of hydrogen-bond acceptors (Lipinski definition) is 2. The Kier molecular flexibility index (Phi) is 9.22. The van der Waals surface area contributed by atoms with Crippen LogP contribution < -0.4 is 15.8 Å². The Morgan fingerprint density at radius 2 is 2.05 bits per heavy atom.